The summed E-state index contributed by atoms with van der Waals surface area (Å²) in [5.74, 6) is 0.692. The van der Waals surface area contributed by atoms with Crippen LogP contribution >= 0.6 is 0 Å². The van der Waals surface area contributed by atoms with Crippen LogP contribution in [-0.4, -0.2) is 7.11 Å². The van der Waals surface area contributed by atoms with Crippen LogP contribution in [0.4, 0.5) is 4.39 Å². The number of hydrogen-bond donors (Lipinski definition) is 1. The minimum Gasteiger partial charge on any atom is -0.497 e. The molecule has 2 nitrogen and oxygen atoms in total. The van der Waals surface area contributed by atoms with Gasteiger partial charge in [0, 0.05) is 17.7 Å². The molecule has 0 fully saturated rings. The highest BCUT2D eigenvalue weighted by atomic mass is 19.1. The standard InChI is InChI=1S/C18H22FNO/c1-12(2)14-6-4-13(5-7-14)10-18(20)16-9-8-15(21-3)11-17(16)19/h4-9,11-12,18H,10,20H2,1-3H3. The summed E-state index contributed by atoms with van der Waals surface area (Å²) in [7, 11) is 1.52. The van der Waals surface area contributed by atoms with Crippen LogP contribution < -0.4 is 10.5 Å². The first-order valence-electron chi connectivity index (χ1n) is 7.19. The lowest BCUT2D eigenvalue weighted by molar-refractivity contribution is 0.410. The van der Waals surface area contributed by atoms with Gasteiger partial charge in [0.2, 0.25) is 0 Å². The van der Waals surface area contributed by atoms with Crippen molar-refractivity contribution in [3.8, 4) is 5.75 Å². The molecule has 0 aromatic heterocycles. The number of ether oxygens (including phenoxy) is 1. The van der Waals surface area contributed by atoms with Gasteiger partial charge in [0.1, 0.15) is 11.6 Å². The first-order valence-corrected chi connectivity index (χ1v) is 7.19. The van der Waals surface area contributed by atoms with E-state index < -0.39 is 0 Å². The summed E-state index contributed by atoms with van der Waals surface area (Å²) in [5.41, 5.74) is 9.06. The average molecular weight is 287 g/mol. The maximum absolute atomic E-state index is 14.0. The molecular weight excluding hydrogens is 265 g/mol. The predicted octanol–water partition coefficient (Wildman–Crippen LogP) is 4.20. The van der Waals surface area contributed by atoms with Crippen molar-refractivity contribution in [2.75, 3.05) is 7.11 Å². The van der Waals surface area contributed by atoms with Crippen molar-refractivity contribution >= 4 is 0 Å². The molecule has 0 bridgehead atoms. The normalized spacial score (nSPS) is 12.5. The minimum absolute atomic E-state index is 0.319. The van der Waals surface area contributed by atoms with Crippen molar-refractivity contribution in [1.29, 1.82) is 0 Å². The molecule has 0 amide bonds. The third-order valence-corrected chi connectivity index (χ3v) is 3.71. The molecule has 0 aliphatic carbocycles. The van der Waals surface area contributed by atoms with Gasteiger partial charge in [-0.2, -0.15) is 0 Å². The van der Waals surface area contributed by atoms with Crippen LogP contribution in [0, 0.1) is 5.82 Å². The van der Waals surface area contributed by atoms with E-state index >= 15 is 0 Å². The molecule has 21 heavy (non-hydrogen) atoms. The van der Waals surface area contributed by atoms with Crippen LogP contribution in [0.2, 0.25) is 0 Å². The summed E-state index contributed by atoms with van der Waals surface area (Å²) >= 11 is 0. The van der Waals surface area contributed by atoms with Crippen molar-refractivity contribution in [3.63, 3.8) is 0 Å². The summed E-state index contributed by atoms with van der Waals surface area (Å²) in [6.45, 7) is 4.32. The lowest BCUT2D eigenvalue weighted by Crippen LogP contribution is -2.15. The Morgan fingerprint density at radius 3 is 2.29 bits per heavy atom. The Kier molecular flexibility index (Phi) is 4.97. The number of nitrogens with two attached hydrogens (primary N) is 1. The average Bonchev–Trinajstić information content (AvgIpc) is 2.47. The topological polar surface area (TPSA) is 35.2 Å². The first kappa shape index (κ1) is 15.5. The van der Waals surface area contributed by atoms with Crippen LogP contribution in [0.25, 0.3) is 0 Å². The number of halogens is 1. The quantitative estimate of drug-likeness (QED) is 0.894. The molecule has 112 valence electrons. The fraction of sp³-hybridized carbons (Fsp3) is 0.333. The van der Waals surface area contributed by atoms with Gasteiger partial charge in [0.15, 0.2) is 0 Å². The zero-order valence-corrected chi connectivity index (χ0v) is 12.8. The number of hydrogen-bond acceptors (Lipinski definition) is 2. The Balaban J connectivity index is 2.12. The van der Waals surface area contributed by atoms with Crippen molar-refractivity contribution < 1.29 is 9.13 Å². The molecule has 2 N–H and O–H groups in total. The largest absolute Gasteiger partial charge is 0.497 e. The highest BCUT2D eigenvalue weighted by molar-refractivity contribution is 5.32. The van der Waals surface area contributed by atoms with Crippen LogP contribution in [-0.2, 0) is 6.42 Å². The molecule has 1 atom stereocenters. The Morgan fingerprint density at radius 1 is 1.10 bits per heavy atom. The van der Waals surface area contributed by atoms with Crippen LogP contribution in [0.15, 0.2) is 42.5 Å². The van der Waals surface area contributed by atoms with Gasteiger partial charge in [-0.3, -0.25) is 0 Å². The second kappa shape index (κ2) is 6.72. The molecule has 0 heterocycles. The Bertz CT molecular complexity index is 593. The molecule has 0 saturated heterocycles. The number of methoxy groups -OCH3 is 1. The molecule has 0 aliphatic rings. The van der Waals surface area contributed by atoms with E-state index in [9.17, 15) is 4.39 Å². The van der Waals surface area contributed by atoms with Crippen LogP contribution in [0.3, 0.4) is 0 Å². The molecule has 0 spiro atoms. The van der Waals surface area contributed by atoms with Crippen molar-refractivity contribution in [2.24, 2.45) is 5.73 Å². The molecule has 2 rings (SSSR count). The molecule has 3 heteroatoms. The summed E-state index contributed by atoms with van der Waals surface area (Å²) in [4.78, 5) is 0. The maximum atomic E-state index is 14.0. The van der Waals surface area contributed by atoms with E-state index in [0.717, 1.165) is 5.56 Å². The van der Waals surface area contributed by atoms with Crippen molar-refractivity contribution in [3.05, 3.63) is 65.0 Å². The summed E-state index contributed by atoms with van der Waals surface area (Å²) < 4.78 is 19.0. The van der Waals surface area contributed by atoms with Crippen molar-refractivity contribution in [1.82, 2.24) is 0 Å². The highest BCUT2D eigenvalue weighted by Crippen LogP contribution is 2.24. The number of rotatable bonds is 5. The SMILES string of the molecule is COc1ccc(C(N)Cc2ccc(C(C)C)cc2)c(F)c1. The Morgan fingerprint density at radius 2 is 1.76 bits per heavy atom. The summed E-state index contributed by atoms with van der Waals surface area (Å²) in [6, 6.07) is 12.8. The summed E-state index contributed by atoms with van der Waals surface area (Å²) in [6.07, 6.45) is 0.613. The molecule has 0 radical (unpaired) electrons. The Labute approximate surface area is 125 Å². The van der Waals surface area contributed by atoms with Gasteiger partial charge in [0.05, 0.1) is 7.11 Å². The molecule has 0 aliphatic heterocycles. The first-order chi connectivity index (χ1) is 10.0. The monoisotopic (exact) mass is 287 g/mol. The van der Waals surface area contributed by atoms with E-state index in [0.29, 0.717) is 23.7 Å². The van der Waals surface area contributed by atoms with Gasteiger partial charge >= 0.3 is 0 Å². The fourth-order valence-electron chi connectivity index (χ4n) is 2.34. The van der Waals surface area contributed by atoms with Gasteiger partial charge in [-0.25, -0.2) is 4.39 Å². The molecule has 1 unspecified atom stereocenters. The van der Waals surface area contributed by atoms with E-state index in [2.05, 4.69) is 38.1 Å². The fourth-order valence-corrected chi connectivity index (χ4v) is 2.34. The van der Waals surface area contributed by atoms with Gasteiger partial charge in [0.25, 0.3) is 0 Å². The van der Waals surface area contributed by atoms with E-state index in [1.165, 1.54) is 18.7 Å². The third-order valence-electron chi connectivity index (χ3n) is 3.71. The second-order valence-electron chi connectivity index (χ2n) is 5.59. The van der Waals surface area contributed by atoms with E-state index in [1.54, 1.807) is 12.1 Å². The second-order valence-corrected chi connectivity index (χ2v) is 5.59. The van der Waals surface area contributed by atoms with Crippen LogP contribution in [0.5, 0.6) is 5.75 Å². The third kappa shape index (κ3) is 3.82. The van der Waals surface area contributed by atoms with Gasteiger partial charge in [-0.05, 0) is 29.5 Å². The number of benzene rings is 2. The van der Waals surface area contributed by atoms with Crippen molar-refractivity contribution in [2.45, 2.75) is 32.2 Å². The van der Waals surface area contributed by atoms with E-state index in [1.807, 2.05) is 0 Å². The zero-order chi connectivity index (χ0) is 15.4. The highest BCUT2D eigenvalue weighted by Gasteiger charge is 2.13. The minimum atomic E-state index is -0.360. The van der Waals surface area contributed by atoms with Crippen LogP contribution in [0.1, 0.15) is 42.5 Å². The predicted molar refractivity (Wildman–Crippen MR) is 84.1 cm³/mol. The van der Waals surface area contributed by atoms with Gasteiger partial charge in [-0.15, -0.1) is 0 Å². The summed E-state index contributed by atoms with van der Waals surface area (Å²) in [5, 5.41) is 0. The molecule has 0 saturated carbocycles. The van der Waals surface area contributed by atoms with E-state index in [-0.39, 0.29) is 11.9 Å². The maximum Gasteiger partial charge on any atom is 0.131 e. The Hall–Kier alpha value is -1.87. The molecule has 2 aromatic rings. The van der Waals surface area contributed by atoms with Gasteiger partial charge < -0.3 is 10.5 Å². The lowest BCUT2D eigenvalue weighted by atomic mass is 9.96. The smallest absolute Gasteiger partial charge is 0.131 e. The van der Waals surface area contributed by atoms with Gasteiger partial charge in [-0.1, -0.05) is 44.2 Å². The van der Waals surface area contributed by atoms with E-state index in [4.69, 9.17) is 10.5 Å². The zero-order valence-electron chi connectivity index (χ0n) is 12.8. The molecule has 2 aromatic carbocycles. The molecular formula is C18H22FNO. The lowest BCUT2D eigenvalue weighted by Gasteiger charge is -2.14.